The van der Waals surface area contributed by atoms with Crippen molar-refractivity contribution in [3.8, 4) is 0 Å². The number of benzene rings is 1. The predicted octanol–water partition coefficient (Wildman–Crippen LogP) is 4.08. The summed E-state index contributed by atoms with van der Waals surface area (Å²) in [6.45, 7) is 8.81. The first kappa shape index (κ1) is 26.3. The van der Waals surface area contributed by atoms with E-state index < -0.39 is 12.1 Å². The number of methoxy groups -OCH3 is 1. The first-order valence-electron chi connectivity index (χ1n) is 12.1. The van der Waals surface area contributed by atoms with Gasteiger partial charge >= 0.3 is 0 Å². The summed E-state index contributed by atoms with van der Waals surface area (Å²) in [5.74, 6) is 0.331. The minimum Gasteiger partial charge on any atom is -0.386 e. The van der Waals surface area contributed by atoms with Crippen LogP contribution in [0.3, 0.4) is 0 Å². The van der Waals surface area contributed by atoms with Crippen molar-refractivity contribution in [1.29, 1.82) is 0 Å². The molecule has 2 N–H and O–H groups in total. The lowest BCUT2D eigenvalue weighted by Crippen LogP contribution is -2.43. The first-order chi connectivity index (χ1) is 15.3. The second kappa shape index (κ2) is 12.9. The van der Waals surface area contributed by atoms with Crippen LogP contribution < -0.4 is 5.32 Å². The molecule has 0 radical (unpaired) electrons. The molecule has 32 heavy (non-hydrogen) atoms. The van der Waals surface area contributed by atoms with Crippen LogP contribution in [-0.4, -0.2) is 53.7 Å². The van der Waals surface area contributed by atoms with Crippen molar-refractivity contribution in [3.63, 3.8) is 0 Å². The fourth-order valence-corrected chi connectivity index (χ4v) is 4.50. The van der Waals surface area contributed by atoms with E-state index in [-0.39, 0.29) is 29.9 Å². The van der Waals surface area contributed by atoms with Crippen molar-refractivity contribution in [2.45, 2.75) is 90.5 Å². The number of aliphatic hydroxyl groups is 1. The summed E-state index contributed by atoms with van der Waals surface area (Å²) >= 11 is 0. The molecular formula is C26H42N2O4. The van der Waals surface area contributed by atoms with Crippen molar-refractivity contribution in [2.75, 3.05) is 13.7 Å². The maximum atomic E-state index is 13.0. The lowest BCUT2D eigenvalue weighted by molar-refractivity contribution is -0.136. The van der Waals surface area contributed by atoms with Gasteiger partial charge in [-0.1, -0.05) is 57.5 Å². The molecular weight excluding hydrogens is 404 g/mol. The lowest BCUT2D eigenvalue weighted by atomic mass is 9.96. The van der Waals surface area contributed by atoms with Crippen LogP contribution in [0, 0.1) is 11.8 Å². The molecule has 0 saturated carbocycles. The van der Waals surface area contributed by atoms with Gasteiger partial charge in [-0.2, -0.15) is 0 Å². The van der Waals surface area contributed by atoms with Gasteiger partial charge in [-0.05, 0) is 44.1 Å². The molecule has 1 saturated heterocycles. The molecule has 0 bridgehead atoms. The maximum Gasteiger partial charge on any atom is 0.225 e. The van der Waals surface area contributed by atoms with E-state index in [9.17, 15) is 14.7 Å². The summed E-state index contributed by atoms with van der Waals surface area (Å²) in [7, 11) is 1.68. The van der Waals surface area contributed by atoms with Gasteiger partial charge in [0.05, 0.1) is 24.7 Å². The molecule has 180 valence electrons. The van der Waals surface area contributed by atoms with Gasteiger partial charge in [0.1, 0.15) is 0 Å². The second-order valence-electron chi connectivity index (χ2n) is 9.48. The van der Waals surface area contributed by atoms with E-state index in [0.29, 0.717) is 18.8 Å². The Morgan fingerprint density at radius 2 is 1.91 bits per heavy atom. The Kier molecular flexibility index (Phi) is 10.7. The molecule has 1 aromatic carbocycles. The van der Waals surface area contributed by atoms with Gasteiger partial charge in [-0.3, -0.25) is 9.59 Å². The number of rotatable bonds is 12. The van der Waals surface area contributed by atoms with Crippen LogP contribution in [0.1, 0.15) is 77.9 Å². The third-order valence-electron chi connectivity index (χ3n) is 6.85. The smallest absolute Gasteiger partial charge is 0.225 e. The molecule has 0 spiro atoms. The molecule has 0 aromatic heterocycles. The minimum absolute atomic E-state index is 0.0558. The molecule has 2 amide bonds. The van der Waals surface area contributed by atoms with Gasteiger partial charge in [0, 0.05) is 25.6 Å². The summed E-state index contributed by atoms with van der Waals surface area (Å²) in [6.07, 6.45) is 4.08. The molecule has 2 rings (SSSR count). The van der Waals surface area contributed by atoms with E-state index in [2.05, 4.69) is 19.2 Å². The van der Waals surface area contributed by atoms with Crippen LogP contribution >= 0.6 is 0 Å². The van der Waals surface area contributed by atoms with Crippen LogP contribution in [-0.2, 0) is 14.3 Å². The quantitative estimate of drug-likeness (QED) is 0.507. The zero-order chi connectivity index (χ0) is 23.7. The second-order valence-corrected chi connectivity index (χ2v) is 9.48. The third-order valence-corrected chi connectivity index (χ3v) is 6.85. The van der Waals surface area contributed by atoms with Crippen LogP contribution in [0.15, 0.2) is 30.3 Å². The molecule has 1 heterocycles. The molecule has 6 atom stereocenters. The Bertz CT molecular complexity index is 711. The van der Waals surface area contributed by atoms with Crippen molar-refractivity contribution in [1.82, 2.24) is 10.2 Å². The average molecular weight is 447 g/mol. The number of amides is 2. The van der Waals surface area contributed by atoms with Gasteiger partial charge < -0.3 is 20.1 Å². The van der Waals surface area contributed by atoms with Crippen molar-refractivity contribution < 1.29 is 19.4 Å². The average Bonchev–Trinajstić information content (AvgIpc) is 3.26. The number of likely N-dealkylation sites (tertiary alicyclic amines) is 1. The minimum atomic E-state index is -0.756. The van der Waals surface area contributed by atoms with Crippen molar-refractivity contribution in [2.24, 2.45) is 11.8 Å². The highest BCUT2D eigenvalue weighted by molar-refractivity contribution is 5.79. The van der Waals surface area contributed by atoms with E-state index in [1.807, 2.05) is 49.1 Å². The number of nitrogens with zero attached hydrogens (tertiary/aromatic N) is 1. The molecule has 1 aromatic rings. The molecule has 6 nitrogen and oxygen atoms in total. The summed E-state index contributed by atoms with van der Waals surface area (Å²) < 4.78 is 5.57. The van der Waals surface area contributed by atoms with E-state index in [0.717, 1.165) is 37.8 Å². The van der Waals surface area contributed by atoms with Crippen LogP contribution in [0.5, 0.6) is 0 Å². The van der Waals surface area contributed by atoms with Gasteiger partial charge in [-0.25, -0.2) is 0 Å². The Hall–Kier alpha value is -1.92. The zero-order valence-corrected chi connectivity index (χ0v) is 20.4. The van der Waals surface area contributed by atoms with Gasteiger partial charge in [0.2, 0.25) is 11.8 Å². The molecule has 1 aliphatic heterocycles. The summed E-state index contributed by atoms with van der Waals surface area (Å²) in [4.78, 5) is 27.7. The zero-order valence-electron chi connectivity index (χ0n) is 20.4. The molecule has 0 aliphatic carbocycles. The number of ether oxygens (including phenoxy) is 1. The molecule has 1 aliphatic rings. The highest BCUT2D eigenvalue weighted by Crippen LogP contribution is 2.26. The van der Waals surface area contributed by atoms with Gasteiger partial charge in [-0.15, -0.1) is 0 Å². The lowest BCUT2D eigenvalue weighted by Gasteiger charge is -2.29. The normalized spacial score (nSPS) is 20.9. The number of nitrogens with one attached hydrogen (secondary N) is 1. The van der Waals surface area contributed by atoms with E-state index in [1.165, 1.54) is 0 Å². The standard InChI is InChI=1S/C26H42N2O4/c1-6-18(2)15-23(32-5)17-24(29)28-14-10-13-22(28)16-19(3)26(31)27-20(4)25(30)21-11-8-7-9-12-21/h7-9,11-12,18-20,22-23,25,30H,6,10,13-17H2,1-5H3,(H,27,31)/t18-,19+,20+,22-,23-,25+/m0/s1. The molecule has 0 unspecified atom stereocenters. The number of carbonyl (C=O) groups is 2. The Labute approximate surface area is 193 Å². The van der Waals surface area contributed by atoms with E-state index in [4.69, 9.17) is 4.74 Å². The fraction of sp³-hybridized carbons (Fsp3) is 0.692. The SMILES string of the molecule is CC[C@H](C)C[C@@H](CC(=O)N1CCC[C@H]1C[C@@H](C)C(=O)N[C@H](C)[C@@H](O)c1ccccc1)OC. The highest BCUT2D eigenvalue weighted by Gasteiger charge is 2.33. The van der Waals surface area contributed by atoms with E-state index in [1.54, 1.807) is 7.11 Å². The summed E-state index contributed by atoms with van der Waals surface area (Å²) in [6, 6.07) is 9.04. The summed E-state index contributed by atoms with van der Waals surface area (Å²) in [5, 5.41) is 13.5. The number of aliphatic hydroxyl groups excluding tert-OH is 1. The molecule has 6 heteroatoms. The highest BCUT2D eigenvalue weighted by atomic mass is 16.5. The van der Waals surface area contributed by atoms with Crippen molar-refractivity contribution in [3.05, 3.63) is 35.9 Å². The maximum absolute atomic E-state index is 13.0. The Balaban J connectivity index is 1.88. The van der Waals surface area contributed by atoms with Crippen LogP contribution in [0.4, 0.5) is 0 Å². The van der Waals surface area contributed by atoms with Gasteiger partial charge in [0.15, 0.2) is 0 Å². The third kappa shape index (κ3) is 7.59. The summed E-state index contributed by atoms with van der Waals surface area (Å²) in [5.41, 5.74) is 0.783. The van der Waals surface area contributed by atoms with E-state index >= 15 is 0 Å². The number of hydrogen-bond acceptors (Lipinski definition) is 4. The number of carbonyl (C=O) groups excluding carboxylic acids is 2. The topological polar surface area (TPSA) is 78.9 Å². The largest absolute Gasteiger partial charge is 0.386 e. The van der Waals surface area contributed by atoms with Crippen LogP contribution in [0.2, 0.25) is 0 Å². The predicted molar refractivity (Wildman–Crippen MR) is 127 cm³/mol. The first-order valence-corrected chi connectivity index (χ1v) is 12.1. The van der Waals surface area contributed by atoms with Gasteiger partial charge in [0.25, 0.3) is 0 Å². The number of hydrogen-bond donors (Lipinski definition) is 2. The monoisotopic (exact) mass is 446 g/mol. The Morgan fingerprint density at radius 1 is 1.22 bits per heavy atom. The van der Waals surface area contributed by atoms with Crippen molar-refractivity contribution >= 4 is 11.8 Å². The Morgan fingerprint density at radius 3 is 2.53 bits per heavy atom. The molecule has 1 fully saturated rings. The fourth-order valence-electron chi connectivity index (χ4n) is 4.50. The van der Waals surface area contributed by atoms with Crippen LogP contribution in [0.25, 0.3) is 0 Å².